The van der Waals surface area contributed by atoms with Crippen LogP contribution in [-0.4, -0.2) is 33.4 Å². The molecule has 1 unspecified atom stereocenters. The van der Waals surface area contributed by atoms with E-state index in [1.165, 1.54) is 11.8 Å². The van der Waals surface area contributed by atoms with Crippen molar-refractivity contribution in [1.82, 2.24) is 9.97 Å². The lowest BCUT2D eigenvalue weighted by Gasteiger charge is -2.12. The number of aromatic nitrogens is 2. The minimum atomic E-state index is -0.658. The second kappa shape index (κ2) is 9.17. The fourth-order valence-electron chi connectivity index (χ4n) is 1.83. The van der Waals surface area contributed by atoms with Crippen molar-refractivity contribution >= 4 is 29.3 Å². The molecule has 8 heteroatoms. The molecule has 2 rings (SSSR count). The number of hydrogen-bond donors (Lipinski definition) is 2. The quantitative estimate of drug-likeness (QED) is 0.714. The topological polar surface area (TPSA) is 66.9 Å². The first-order chi connectivity index (χ1) is 11.6. The van der Waals surface area contributed by atoms with E-state index in [2.05, 4.69) is 20.6 Å². The number of thioether (sulfide) groups is 1. The van der Waals surface area contributed by atoms with Gasteiger partial charge in [0.15, 0.2) is 0 Å². The molecule has 1 atom stereocenters. The van der Waals surface area contributed by atoms with Gasteiger partial charge in [0.05, 0.1) is 10.9 Å². The minimum absolute atomic E-state index is 0.143. The Bertz CT molecular complexity index is 672. The van der Waals surface area contributed by atoms with E-state index in [0.29, 0.717) is 12.5 Å². The molecule has 1 amide bonds. The highest BCUT2D eigenvalue weighted by Crippen LogP contribution is 2.18. The molecule has 0 fully saturated rings. The van der Waals surface area contributed by atoms with E-state index in [0.717, 1.165) is 30.4 Å². The van der Waals surface area contributed by atoms with Gasteiger partial charge in [-0.1, -0.05) is 0 Å². The molecule has 1 aromatic heterocycles. The summed E-state index contributed by atoms with van der Waals surface area (Å²) in [6.07, 6.45) is 4.12. The molecule has 128 valence electrons. The van der Waals surface area contributed by atoms with Crippen LogP contribution in [0.2, 0.25) is 0 Å². The monoisotopic (exact) mass is 352 g/mol. The highest BCUT2D eigenvalue weighted by atomic mass is 32.2. The van der Waals surface area contributed by atoms with Gasteiger partial charge in [-0.15, -0.1) is 11.8 Å². The van der Waals surface area contributed by atoms with Crippen molar-refractivity contribution in [3.8, 4) is 0 Å². The van der Waals surface area contributed by atoms with Crippen LogP contribution in [-0.2, 0) is 4.79 Å². The van der Waals surface area contributed by atoms with Crippen LogP contribution in [0.1, 0.15) is 13.3 Å². The molecule has 0 saturated carbocycles. The van der Waals surface area contributed by atoms with Crippen molar-refractivity contribution in [2.75, 3.05) is 22.9 Å². The Labute approximate surface area is 143 Å². The molecular formula is C16H18F2N4OS. The number of rotatable bonds is 8. The molecule has 0 bridgehead atoms. The van der Waals surface area contributed by atoms with Gasteiger partial charge in [-0.3, -0.25) is 4.79 Å². The van der Waals surface area contributed by atoms with Crippen LogP contribution in [0.25, 0.3) is 0 Å². The lowest BCUT2D eigenvalue weighted by atomic mass is 10.3. The van der Waals surface area contributed by atoms with Crippen LogP contribution < -0.4 is 10.6 Å². The van der Waals surface area contributed by atoms with E-state index in [1.807, 2.05) is 0 Å². The second-order valence-electron chi connectivity index (χ2n) is 4.98. The number of anilines is 2. The SMILES string of the molecule is CC(SCCCNc1ncccn1)C(=O)Nc1cc(F)ccc1F. The predicted molar refractivity (Wildman–Crippen MR) is 92.0 cm³/mol. The third-order valence-electron chi connectivity index (χ3n) is 3.09. The number of amides is 1. The predicted octanol–water partition coefficient (Wildman–Crippen LogP) is 3.32. The number of carbonyl (C=O) groups excluding carboxylic acids is 1. The Morgan fingerprint density at radius 2 is 2.04 bits per heavy atom. The fraction of sp³-hybridized carbons (Fsp3) is 0.312. The van der Waals surface area contributed by atoms with Gasteiger partial charge in [-0.25, -0.2) is 18.7 Å². The first-order valence-corrected chi connectivity index (χ1v) is 8.49. The molecule has 0 spiro atoms. The van der Waals surface area contributed by atoms with Crippen molar-refractivity contribution in [1.29, 1.82) is 0 Å². The Morgan fingerprint density at radius 1 is 1.29 bits per heavy atom. The third kappa shape index (κ3) is 5.77. The van der Waals surface area contributed by atoms with Crippen molar-refractivity contribution in [2.24, 2.45) is 0 Å². The standard InChI is InChI=1S/C16H18F2N4OS/c1-11(15(23)22-14-10-12(17)4-5-13(14)18)24-9-3-8-21-16-19-6-2-7-20-16/h2,4-7,10-11H,3,8-9H2,1H3,(H,22,23)(H,19,20,21). The maximum Gasteiger partial charge on any atom is 0.237 e. The molecular weight excluding hydrogens is 334 g/mol. The lowest BCUT2D eigenvalue weighted by Crippen LogP contribution is -2.23. The summed E-state index contributed by atoms with van der Waals surface area (Å²) in [5.41, 5.74) is -0.143. The van der Waals surface area contributed by atoms with Crippen molar-refractivity contribution < 1.29 is 13.6 Å². The summed E-state index contributed by atoms with van der Waals surface area (Å²) in [6.45, 7) is 2.41. The van der Waals surface area contributed by atoms with Gasteiger partial charge in [0.1, 0.15) is 11.6 Å². The van der Waals surface area contributed by atoms with Gasteiger partial charge in [0.25, 0.3) is 0 Å². The summed E-state index contributed by atoms with van der Waals surface area (Å²) < 4.78 is 26.6. The van der Waals surface area contributed by atoms with Crippen LogP contribution in [0.3, 0.4) is 0 Å². The summed E-state index contributed by atoms with van der Waals surface area (Å²) in [5, 5.41) is 5.11. The summed E-state index contributed by atoms with van der Waals surface area (Å²) in [6, 6.07) is 4.70. The van der Waals surface area contributed by atoms with Crippen LogP contribution >= 0.6 is 11.8 Å². The van der Waals surface area contributed by atoms with Crippen molar-refractivity contribution in [3.05, 3.63) is 48.3 Å². The van der Waals surface area contributed by atoms with Gasteiger partial charge in [-0.05, 0) is 37.3 Å². The summed E-state index contributed by atoms with van der Waals surface area (Å²) in [5.74, 6) is -0.311. The van der Waals surface area contributed by atoms with Gasteiger partial charge in [0, 0.05) is 25.0 Å². The Balaban J connectivity index is 1.69. The largest absolute Gasteiger partial charge is 0.354 e. The molecule has 24 heavy (non-hydrogen) atoms. The van der Waals surface area contributed by atoms with Crippen LogP contribution in [0.15, 0.2) is 36.7 Å². The summed E-state index contributed by atoms with van der Waals surface area (Å²) in [4.78, 5) is 20.1. The van der Waals surface area contributed by atoms with E-state index in [9.17, 15) is 13.6 Å². The highest BCUT2D eigenvalue weighted by molar-refractivity contribution is 8.00. The van der Waals surface area contributed by atoms with E-state index in [-0.39, 0.29) is 16.8 Å². The fourth-order valence-corrected chi connectivity index (χ4v) is 2.70. The molecule has 1 heterocycles. The Hall–Kier alpha value is -2.22. The lowest BCUT2D eigenvalue weighted by molar-refractivity contribution is -0.115. The molecule has 0 radical (unpaired) electrons. The van der Waals surface area contributed by atoms with Crippen LogP contribution in [0.4, 0.5) is 20.4 Å². The van der Waals surface area contributed by atoms with Gasteiger partial charge >= 0.3 is 0 Å². The van der Waals surface area contributed by atoms with E-state index in [1.54, 1.807) is 25.4 Å². The van der Waals surface area contributed by atoms with Crippen LogP contribution in [0, 0.1) is 11.6 Å². The van der Waals surface area contributed by atoms with Crippen LogP contribution in [0.5, 0.6) is 0 Å². The number of carbonyl (C=O) groups is 1. The van der Waals surface area contributed by atoms with Crippen molar-refractivity contribution in [3.63, 3.8) is 0 Å². The number of nitrogens with one attached hydrogen (secondary N) is 2. The van der Waals surface area contributed by atoms with Crippen molar-refractivity contribution in [2.45, 2.75) is 18.6 Å². The molecule has 0 aliphatic heterocycles. The zero-order chi connectivity index (χ0) is 17.4. The number of nitrogens with zero attached hydrogens (tertiary/aromatic N) is 2. The average molecular weight is 352 g/mol. The molecule has 0 aliphatic rings. The zero-order valence-corrected chi connectivity index (χ0v) is 13.9. The highest BCUT2D eigenvalue weighted by Gasteiger charge is 2.15. The molecule has 0 aliphatic carbocycles. The third-order valence-corrected chi connectivity index (χ3v) is 4.33. The van der Waals surface area contributed by atoms with Gasteiger partial charge < -0.3 is 10.6 Å². The van der Waals surface area contributed by atoms with E-state index in [4.69, 9.17) is 0 Å². The maximum absolute atomic E-state index is 13.5. The number of benzene rings is 1. The molecule has 2 N–H and O–H groups in total. The van der Waals surface area contributed by atoms with E-state index < -0.39 is 11.6 Å². The second-order valence-corrected chi connectivity index (χ2v) is 6.43. The normalized spacial score (nSPS) is 11.8. The smallest absolute Gasteiger partial charge is 0.237 e. The Morgan fingerprint density at radius 3 is 2.79 bits per heavy atom. The van der Waals surface area contributed by atoms with Gasteiger partial charge in [-0.2, -0.15) is 0 Å². The number of halogens is 2. The first-order valence-electron chi connectivity index (χ1n) is 7.44. The first kappa shape index (κ1) is 18.1. The Kier molecular flexibility index (Phi) is 6.92. The molecule has 0 saturated heterocycles. The average Bonchev–Trinajstić information content (AvgIpc) is 2.58. The van der Waals surface area contributed by atoms with E-state index >= 15 is 0 Å². The summed E-state index contributed by atoms with van der Waals surface area (Å²) >= 11 is 1.44. The maximum atomic E-state index is 13.5. The number of hydrogen-bond acceptors (Lipinski definition) is 5. The summed E-state index contributed by atoms with van der Waals surface area (Å²) in [7, 11) is 0. The zero-order valence-electron chi connectivity index (χ0n) is 13.1. The molecule has 1 aromatic carbocycles. The van der Waals surface area contributed by atoms with Gasteiger partial charge in [0.2, 0.25) is 11.9 Å². The molecule has 5 nitrogen and oxygen atoms in total. The molecule has 2 aromatic rings. The minimum Gasteiger partial charge on any atom is -0.354 e.